The molecule has 0 aliphatic rings. The molecule has 5 rings (SSSR count). The lowest BCUT2D eigenvalue weighted by atomic mass is 10.2. The fourth-order valence-corrected chi connectivity index (χ4v) is 7.08. The molecule has 0 fully saturated rings. The summed E-state index contributed by atoms with van der Waals surface area (Å²) in [6.07, 6.45) is -1.25. The molecule has 0 aliphatic carbocycles. The molecule has 0 spiro atoms. The number of hydrogen-bond donors (Lipinski definition) is 2. The fourth-order valence-electron chi connectivity index (χ4n) is 5.16. The number of hydrogen-bond acceptors (Lipinski definition) is 10. The highest BCUT2D eigenvalue weighted by atomic mass is 35.5. The lowest BCUT2D eigenvalue weighted by molar-refractivity contribution is -0.126. The molecule has 318 valence electrons. The highest BCUT2D eigenvalue weighted by Crippen LogP contribution is 2.37. The second-order valence-electron chi connectivity index (χ2n) is 12.5. The first-order valence-electron chi connectivity index (χ1n) is 17.5. The monoisotopic (exact) mass is 994 g/mol. The summed E-state index contributed by atoms with van der Waals surface area (Å²) in [7, 11) is 0. The number of anilines is 4. The maximum absolute atomic E-state index is 13.0. The van der Waals surface area contributed by atoms with Crippen LogP contribution in [-0.4, -0.2) is 48.3 Å². The van der Waals surface area contributed by atoms with Crippen LogP contribution in [0.2, 0.25) is 30.1 Å². The van der Waals surface area contributed by atoms with Gasteiger partial charge in [0, 0.05) is 23.6 Å². The van der Waals surface area contributed by atoms with Crippen LogP contribution in [0.4, 0.5) is 34.1 Å². The van der Waals surface area contributed by atoms with Crippen molar-refractivity contribution in [3.05, 3.63) is 138 Å². The molecule has 22 heteroatoms. The van der Waals surface area contributed by atoms with Gasteiger partial charge in [0.25, 0.3) is 11.8 Å². The van der Waals surface area contributed by atoms with E-state index < -0.39 is 61.1 Å². The quantitative estimate of drug-likeness (QED) is 0.0563. The van der Waals surface area contributed by atoms with Crippen LogP contribution in [-0.2, 0) is 19.2 Å². The first kappa shape index (κ1) is 47.9. The molecule has 5 aromatic rings. The number of benzene rings is 5. The van der Waals surface area contributed by atoms with Gasteiger partial charge < -0.3 is 10.6 Å². The van der Waals surface area contributed by atoms with Crippen LogP contribution >= 0.6 is 93.2 Å². The van der Waals surface area contributed by atoms with E-state index in [1.165, 1.54) is 48.5 Å². The van der Waals surface area contributed by atoms with Gasteiger partial charge in [0.05, 0.1) is 76.9 Å². The van der Waals surface area contributed by atoms with E-state index in [9.17, 15) is 28.8 Å². The molecule has 0 heterocycles. The molecule has 4 amide bonds. The van der Waals surface area contributed by atoms with Crippen molar-refractivity contribution in [1.82, 2.24) is 0 Å². The molecule has 0 saturated heterocycles. The standard InChI is InChI=1S/C40H26Cl8N8O6/c41-25-9-1-3-13-31(25)55(47)39(61)23-7-5-11-29(35(23)43)53-49-19-21(57)17-33(59)51-27-15-16-28(38(46)37(27)45)52-34(60)18-22(58)20-50-54-30-12-6-8-24(36(30)44)40(62)56(48)32-14-4-2-10-26(32)42/h1-16H,17-20H2,(H,51,59)(H,52,60). The van der Waals surface area contributed by atoms with E-state index in [4.69, 9.17) is 93.2 Å². The summed E-state index contributed by atoms with van der Waals surface area (Å²) >= 11 is 50.3. The number of nitrogens with zero attached hydrogens (tertiary/aromatic N) is 6. The number of nitrogens with one attached hydrogen (secondary N) is 2. The van der Waals surface area contributed by atoms with Gasteiger partial charge in [-0.1, -0.05) is 106 Å². The summed E-state index contributed by atoms with van der Waals surface area (Å²) in [4.78, 5) is 76.5. The summed E-state index contributed by atoms with van der Waals surface area (Å²) in [5.41, 5.74) is 0.642. The van der Waals surface area contributed by atoms with E-state index in [0.717, 1.165) is 8.84 Å². The Morgan fingerprint density at radius 1 is 0.468 bits per heavy atom. The average molecular weight is 998 g/mol. The van der Waals surface area contributed by atoms with Crippen LogP contribution in [0.5, 0.6) is 0 Å². The highest BCUT2D eigenvalue weighted by Gasteiger charge is 2.24. The van der Waals surface area contributed by atoms with Crippen LogP contribution in [0.15, 0.2) is 118 Å². The molecule has 0 saturated carbocycles. The smallest absolute Gasteiger partial charge is 0.274 e. The second kappa shape index (κ2) is 22.3. The van der Waals surface area contributed by atoms with Gasteiger partial charge in [-0.3, -0.25) is 28.8 Å². The molecule has 0 bridgehead atoms. The maximum Gasteiger partial charge on any atom is 0.274 e. The molecule has 14 nitrogen and oxygen atoms in total. The molecule has 0 aliphatic heterocycles. The Bertz CT molecular complexity index is 2470. The molecule has 0 unspecified atom stereocenters. The Hall–Kier alpha value is -5.16. The van der Waals surface area contributed by atoms with Crippen LogP contribution in [0.3, 0.4) is 0 Å². The van der Waals surface area contributed by atoms with E-state index in [-0.39, 0.29) is 75.4 Å². The predicted octanol–water partition coefficient (Wildman–Crippen LogP) is 12.6. The molecule has 0 atom stereocenters. The third-order valence-corrected chi connectivity index (χ3v) is 11.1. The minimum absolute atomic E-state index is 0.00523. The SMILES string of the molecule is O=C(CN=Nc1cccc(C(=O)N(Cl)c2ccccc2Cl)c1Cl)CC(=O)Nc1ccc(NC(=O)CC(=O)CN=Nc2cccc(C(=O)N(Cl)c3ccccc3Cl)c2Cl)c(Cl)c1Cl. The van der Waals surface area contributed by atoms with E-state index in [0.29, 0.717) is 0 Å². The minimum atomic E-state index is -0.759. The van der Waals surface area contributed by atoms with Crippen molar-refractivity contribution in [2.24, 2.45) is 20.5 Å². The van der Waals surface area contributed by atoms with Gasteiger partial charge in [-0.15, -0.1) is 0 Å². The normalized spacial score (nSPS) is 11.1. The van der Waals surface area contributed by atoms with Crippen molar-refractivity contribution in [2.75, 3.05) is 32.6 Å². The fraction of sp³-hybridized carbons (Fsp3) is 0.100. The lowest BCUT2D eigenvalue weighted by Crippen LogP contribution is -2.21. The number of amides is 4. The molecule has 0 radical (unpaired) electrons. The van der Waals surface area contributed by atoms with Gasteiger partial charge >= 0.3 is 0 Å². The summed E-state index contributed by atoms with van der Waals surface area (Å²) in [6, 6.07) is 24.3. The first-order chi connectivity index (χ1) is 29.6. The summed E-state index contributed by atoms with van der Waals surface area (Å²) in [5, 5.41) is 20.4. The van der Waals surface area contributed by atoms with Gasteiger partial charge in [0.2, 0.25) is 11.8 Å². The number of azo groups is 2. The molecular formula is C40H26Cl8N8O6. The van der Waals surface area contributed by atoms with Gasteiger partial charge in [-0.25, -0.2) is 8.84 Å². The summed E-state index contributed by atoms with van der Waals surface area (Å²) in [6.45, 7) is -1.02. The van der Waals surface area contributed by atoms with Gasteiger partial charge in [-0.05, 0) is 60.7 Å². The van der Waals surface area contributed by atoms with E-state index in [2.05, 4.69) is 31.1 Å². The zero-order valence-corrected chi connectivity index (χ0v) is 37.3. The third-order valence-electron chi connectivity index (χ3n) is 8.10. The van der Waals surface area contributed by atoms with Crippen molar-refractivity contribution in [3.8, 4) is 0 Å². The van der Waals surface area contributed by atoms with Crippen molar-refractivity contribution in [3.63, 3.8) is 0 Å². The Kier molecular flexibility index (Phi) is 17.2. The zero-order chi connectivity index (χ0) is 45.1. The average Bonchev–Trinajstić information content (AvgIpc) is 3.24. The zero-order valence-electron chi connectivity index (χ0n) is 31.2. The van der Waals surface area contributed by atoms with Crippen LogP contribution in [0, 0.1) is 0 Å². The highest BCUT2D eigenvalue weighted by molar-refractivity contribution is 6.47. The van der Waals surface area contributed by atoms with Crippen molar-refractivity contribution < 1.29 is 28.8 Å². The number of carbonyl (C=O) groups excluding carboxylic acids is 6. The maximum atomic E-state index is 13.0. The van der Waals surface area contributed by atoms with E-state index in [1.54, 1.807) is 48.5 Å². The van der Waals surface area contributed by atoms with Crippen molar-refractivity contribution in [2.45, 2.75) is 12.8 Å². The van der Waals surface area contributed by atoms with Crippen LogP contribution < -0.4 is 19.5 Å². The Morgan fingerprint density at radius 3 is 1.21 bits per heavy atom. The van der Waals surface area contributed by atoms with Crippen LogP contribution in [0.25, 0.3) is 0 Å². The number of para-hydroxylation sites is 2. The Morgan fingerprint density at radius 2 is 0.839 bits per heavy atom. The first-order valence-corrected chi connectivity index (χ1v) is 20.4. The van der Waals surface area contributed by atoms with Gasteiger partial charge in [0.1, 0.15) is 24.5 Å². The Labute approximate surface area is 392 Å². The molecule has 0 aromatic heterocycles. The molecule has 2 N–H and O–H groups in total. The van der Waals surface area contributed by atoms with Crippen molar-refractivity contribution in [1.29, 1.82) is 0 Å². The minimum Gasteiger partial charge on any atom is -0.324 e. The number of Topliss-reactive ketones (excluding diaryl/α,β-unsaturated/α-hetero) is 2. The third kappa shape index (κ3) is 12.3. The largest absolute Gasteiger partial charge is 0.324 e. The molecule has 5 aromatic carbocycles. The van der Waals surface area contributed by atoms with Crippen LogP contribution in [0.1, 0.15) is 33.6 Å². The summed E-state index contributed by atoms with van der Waals surface area (Å²) < 4.78 is 1.62. The van der Waals surface area contributed by atoms with E-state index in [1.807, 2.05) is 0 Å². The lowest BCUT2D eigenvalue weighted by Gasteiger charge is -2.16. The molecule has 62 heavy (non-hydrogen) atoms. The second-order valence-corrected chi connectivity index (χ2v) is 15.5. The number of ketones is 2. The van der Waals surface area contributed by atoms with Gasteiger partial charge in [-0.2, -0.15) is 20.5 Å². The van der Waals surface area contributed by atoms with Gasteiger partial charge in [0.15, 0.2) is 11.6 Å². The Balaban J connectivity index is 1.10. The summed E-state index contributed by atoms with van der Waals surface area (Å²) in [5.74, 6) is -4.15. The number of halogens is 8. The van der Waals surface area contributed by atoms with E-state index >= 15 is 0 Å². The number of carbonyl (C=O) groups is 6. The van der Waals surface area contributed by atoms with Crippen molar-refractivity contribution >= 4 is 162 Å². The number of rotatable bonds is 16. The molecular weight excluding hydrogens is 972 g/mol. The topological polar surface area (TPSA) is 182 Å². The predicted molar refractivity (Wildman–Crippen MR) is 243 cm³/mol.